The Bertz CT molecular complexity index is 415. The predicted molar refractivity (Wildman–Crippen MR) is 74.6 cm³/mol. The minimum Gasteiger partial charge on any atom is -0.342 e. The maximum Gasteiger partial charge on any atom is 0.225 e. The highest BCUT2D eigenvalue weighted by molar-refractivity contribution is 7.89. The second kappa shape index (κ2) is 6.41. The first-order valence-corrected chi connectivity index (χ1v) is 9.05. The SMILES string of the molecule is O=C(C1CC1)N1CCC(NS(=O)(=O)CCCCl)CC1. The van der Waals surface area contributed by atoms with Gasteiger partial charge in [-0.05, 0) is 32.1 Å². The number of hydrogen-bond acceptors (Lipinski definition) is 3. The second-order valence-corrected chi connectivity index (χ2v) is 7.60. The van der Waals surface area contributed by atoms with Gasteiger partial charge in [0.2, 0.25) is 15.9 Å². The number of hydrogen-bond donors (Lipinski definition) is 1. The average molecular weight is 309 g/mol. The van der Waals surface area contributed by atoms with E-state index in [0.717, 1.165) is 12.8 Å². The van der Waals surface area contributed by atoms with Crippen LogP contribution in [0.15, 0.2) is 0 Å². The number of carbonyl (C=O) groups excluding carboxylic acids is 1. The van der Waals surface area contributed by atoms with Crippen LogP contribution in [0.3, 0.4) is 0 Å². The molecule has 0 aromatic carbocycles. The molecule has 1 N–H and O–H groups in total. The van der Waals surface area contributed by atoms with Crippen molar-refractivity contribution in [3.63, 3.8) is 0 Å². The third kappa shape index (κ3) is 4.61. The van der Waals surface area contributed by atoms with Crippen molar-refractivity contribution < 1.29 is 13.2 Å². The number of nitrogens with one attached hydrogen (secondary N) is 1. The molecule has 0 unspecified atom stereocenters. The maximum atomic E-state index is 11.9. The zero-order valence-electron chi connectivity index (χ0n) is 11.0. The van der Waals surface area contributed by atoms with Gasteiger partial charge < -0.3 is 4.90 Å². The lowest BCUT2D eigenvalue weighted by molar-refractivity contribution is -0.133. The number of likely N-dealkylation sites (tertiary alicyclic amines) is 1. The smallest absolute Gasteiger partial charge is 0.225 e. The Morgan fingerprint density at radius 3 is 2.37 bits per heavy atom. The highest BCUT2D eigenvalue weighted by atomic mass is 35.5. The summed E-state index contributed by atoms with van der Waals surface area (Å²) >= 11 is 5.50. The van der Waals surface area contributed by atoms with E-state index in [-0.39, 0.29) is 23.6 Å². The molecule has 0 spiro atoms. The van der Waals surface area contributed by atoms with Crippen LogP contribution in [0, 0.1) is 5.92 Å². The molecule has 110 valence electrons. The molecule has 1 saturated carbocycles. The van der Waals surface area contributed by atoms with Gasteiger partial charge in [0.25, 0.3) is 0 Å². The van der Waals surface area contributed by atoms with Gasteiger partial charge in [-0.15, -0.1) is 11.6 Å². The van der Waals surface area contributed by atoms with E-state index in [2.05, 4.69) is 4.72 Å². The summed E-state index contributed by atoms with van der Waals surface area (Å²) in [5.41, 5.74) is 0. The molecule has 1 amide bonds. The molecule has 0 aromatic heterocycles. The van der Waals surface area contributed by atoms with Crippen molar-refractivity contribution in [2.45, 2.75) is 38.1 Å². The van der Waals surface area contributed by atoms with E-state index >= 15 is 0 Å². The molecule has 0 atom stereocenters. The summed E-state index contributed by atoms with van der Waals surface area (Å²) in [6.07, 6.45) is 3.92. The molecule has 0 radical (unpaired) electrons. The topological polar surface area (TPSA) is 66.5 Å². The predicted octanol–water partition coefficient (Wildman–Crippen LogP) is 0.936. The highest BCUT2D eigenvalue weighted by Crippen LogP contribution is 2.31. The molecule has 2 fully saturated rings. The van der Waals surface area contributed by atoms with Crippen molar-refractivity contribution in [1.82, 2.24) is 9.62 Å². The fourth-order valence-electron chi connectivity index (χ4n) is 2.36. The first-order valence-electron chi connectivity index (χ1n) is 6.86. The van der Waals surface area contributed by atoms with Gasteiger partial charge in [-0.1, -0.05) is 0 Å². The number of rotatable bonds is 6. The Labute approximate surface area is 119 Å². The molecule has 7 heteroatoms. The molecule has 5 nitrogen and oxygen atoms in total. The van der Waals surface area contributed by atoms with Gasteiger partial charge in [0, 0.05) is 30.9 Å². The number of piperidine rings is 1. The summed E-state index contributed by atoms with van der Waals surface area (Å²) in [5, 5.41) is 0. The number of carbonyl (C=O) groups is 1. The number of alkyl halides is 1. The van der Waals surface area contributed by atoms with Gasteiger partial charge in [-0.2, -0.15) is 0 Å². The summed E-state index contributed by atoms with van der Waals surface area (Å²) in [5.74, 6) is 0.938. The van der Waals surface area contributed by atoms with Crippen LogP contribution < -0.4 is 4.72 Å². The molecule has 2 rings (SSSR count). The minimum absolute atomic E-state index is 0.0384. The summed E-state index contributed by atoms with van der Waals surface area (Å²) in [7, 11) is -3.22. The van der Waals surface area contributed by atoms with Crippen LogP contribution in [0.1, 0.15) is 32.1 Å². The quantitative estimate of drug-likeness (QED) is 0.743. The zero-order valence-corrected chi connectivity index (χ0v) is 12.5. The number of sulfonamides is 1. The lowest BCUT2D eigenvalue weighted by Gasteiger charge is -2.32. The molecular weight excluding hydrogens is 288 g/mol. The standard InChI is InChI=1S/C12H21ClN2O3S/c13-6-1-9-19(17,18)14-11-4-7-15(8-5-11)12(16)10-2-3-10/h10-11,14H,1-9H2. The fraction of sp³-hybridized carbons (Fsp3) is 0.917. The second-order valence-electron chi connectivity index (χ2n) is 5.35. The zero-order chi connectivity index (χ0) is 13.9. The Morgan fingerprint density at radius 2 is 1.84 bits per heavy atom. The Morgan fingerprint density at radius 1 is 1.21 bits per heavy atom. The Kier molecular flexibility index (Phi) is 5.09. The fourth-order valence-corrected chi connectivity index (χ4v) is 4.04. The summed E-state index contributed by atoms with van der Waals surface area (Å²) in [6.45, 7) is 1.33. The van der Waals surface area contributed by atoms with E-state index in [4.69, 9.17) is 11.6 Å². The van der Waals surface area contributed by atoms with E-state index in [1.165, 1.54) is 0 Å². The Balaban J connectivity index is 1.75. The number of amides is 1. The molecule has 1 aliphatic carbocycles. The summed E-state index contributed by atoms with van der Waals surface area (Å²) in [4.78, 5) is 13.7. The van der Waals surface area contributed by atoms with Gasteiger partial charge in [-0.3, -0.25) is 4.79 Å². The van der Waals surface area contributed by atoms with Gasteiger partial charge in [0.15, 0.2) is 0 Å². The molecule has 1 heterocycles. The highest BCUT2D eigenvalue weighted by Gasteiger charge is 2.35. The summed E-state index contributed by atoms with van der Waals surface area (Å²) < 4.78 is 26.2. The number of halogens is 1. The van der Waals surface area contributed by atoms with E-state index < -0.39 is 10.0 Å². The third-order valence-electron chi connectivity index (χ3n) is 3.63. The van der Waals surface area contributed by atoms with Crippen molar-refractivity contribution in [3.8, 4) is 0 Å². The van der Waals surface area contributed by atoms with Crippen molar-refractivity contribution in [3.05, 3.63) is 0 Å². The van der Waals surface area contributed by atoms with E-state index in [9.17, 15) is 13.2 Å². The van der Waals surface area contributed by atoms with Crippen molar-refractivity contribution in [1.29, 1.82) is 0 Å². The lowest BCUT2D eigenvalue weighted by atomic mass is 10.1. The van der Waals surface area contributed by atoms with Crippen LogP contribution in [-0.2, 0) is 14.8 Å². The molecule has 2 aliphatic rings. The molecular formula is C12H21ClN2O3S. The van der Waals surface area contributed by atoms with Crippen molar-refractivity contribution in [2.24, 2.45) is 5.92 Å². The molecule has 0 bridgehead atoms. The van der Waals surface area contributed by atoms with Gasteiger partial charge in [0.1, 0.15) is 0 Å². The van der Waals surface area contributed by atoms with E-state index in [1.54, 1.807) is 0 Å². The van der Waals surface area contributed by atoms with E-state index in [0.29, 0.717) is 38.2 Å². The van der Waals surface area contributed by atoms with Crippen LogP contribution >= 0.6 is 11.6 Å². The number of nitrogens with zero attached hydrogens (tertiary/aromatic N) is 1. The molecule has 1 saturated heterocycles. The first-order chi connectivity index (χ1) is 9.02. The van der Waals surface area contributed by atoms with Crippen LogP contribution in [-0.4, -0.2) is 50.0 Å². The van der Waals surface area contributed by atoms with Crippen LogP contribution in [0.2, 0.25) is 0 Å². The first kappa shape index (κ1) is 15.1. The van der Waals surface area contributed by atoms with Crippen molar-refractivity contribution in [2.75, 3.05) is 24.7 Å². The van der Waals surface area contributed by atoms with E-state index in [1.807, 2.05) is 4.90 Å². The monoisotopic (exact) mass is 308 g/mol. The molecule has 0 aromatic rings. The van der Waals surface area contributed by atoms with Crippen molar-refractivity contribution >= 4 is 27.5 Å². The molecule has 1 aliphatic heterocycles. The maximum absolute atomic E-state index is 11.9. The normalized spacial score (nSPS) is 21.6. The van der Waals surface area contributed by atoms with Crippen LogP contribution in [0.5, 0.6) is 0 Å². The van der Waals surface area contributed by atoms with Gasteiger partial charge >= 0.3 is 0 Å². The lowest BCUT2D eigenvalue weighted by Crippen LogP contribution is -2.47. The van der Waals surface area contributed by atoms with Crippen LogP contribution in [0.25, 0.3) is 0 Å². The average Bonchev–Trinajstić information content (AvgIpc) is 3.20. The van der Waals surface area contributed by atoms with Gasteiger partial charge in [-0.25, -0.2) is 13.1 Å². The minimum atomic E-state index is -3.22. The Hall–Kier alpha value is -0.330. The van der Waals surface area contributed by atoms with Crippen LogP contribution in [0.4, 0.5) is 0 Å². The molecule has 19 heavy (non-hydrogen) atoms. The van der Waals surface area contributed by atoms with Gasteiger partial charge in [0.05, 0.1) is 5.75 Å². The largest absolute Gasteiger partial charge is 0.342 e. The third-order valence-corrected chi connectivity index (χ3v) is 5.41. The summed E-state index contributed by atoms with van der Waals surface area (Å²) in [6, 6.07) is -0.0384.